The van der Waals surface area contributed by atoms with Crippen molar-refractivity contribution in [3.8, 4) is 0 Å². The largest absolute Gasteiger partial charge is 0.379 e. The van der Waals surface area contributed by atoms with Crippen LogP contribution in [-0.4, -0.2) is 73.7 Å². The lowest BCUT2D eigenvalue weighted by Gasteiger charge is -2.33. The number of amides is 1. The van der Waals surface area contributed by atoms with Crippen LogP contribution in [-0.2, 0) is 9.53 Å². The summed E-state index contributed by atoms with van der Waals surface area (Å²) in [4.78, 5) is 16.6. The summed E-state index contributed by atoms with van der Waals surface area (Å²) in [5.41, 5.74) is 0. The molecule has 0 saturated carbocycles. The Balaban J connectivity index is 1.81. The lowest BCUT2D eigenvalue weighted by atomic mass is 10.2. The van der Waals surface area contributed by atoms with Gasteiger partial charge in [-0.15, -0.1) is 0 Å². The van der Waals surface area contributed by atoms with Crippen LogP contribution >= 0.6 is 0 Å². The number of likely N-dealkylation sites (tertiary alicyclic amines) is 1. The van der Waals surface area contributed by atoms with Crippen molar-refractivity contribution >= 4 is 5.91 Å². The maximum atomic E-state index is 12.2. The van der Waals surface area contributed by atoms with Gasteiger partial charge in [-0.05, 0) is 19.9 Å². The molecule has 0 bridgehead atoms. The number of hydrogen-bond acceptors (Lipinski definition) is 4. The standard InChI is InChI=1S/C13H25N3O2/c1-3-14-12-4-5-16(13(12)17)11(2)10-15-6-8-18-9-7-15/h11-12,14H,3-10H2,1-2H3. The number of nitrogens with one attached hydrogen (secondary N) is 1. The Labute approximate surface area is 109 Å². The zero-order chi connectivity index (χ0) is 13.0. The highest BCUT2D eigenvalue weighted by Crippen LogP contribution is 2.15. The molecule has 2 aliphatic heterocycles. The van der Waals surface area contributed by atoms with Gasteiger partial charge in [-0.2, -0.15) is 0 Å². The molecule has 0 aromatic carbocycles. The maximum absolute atomic E-state index is 12.2. The van der Waals surface area contributed by atoms with Gasteiger partial charge in [-0.3, -0.25) is 9.69 Å². The number of carbonyl (C=O) groups excluding carboxylic acids is 1. The average molecular weight is 255 g/mol. The van der Waals surface area contributed by atoms with Crippen LogP contribution in [0.15, 0.2) is 0 Å². The average Bonchev–Trinajstić information content (AvgIpc) is 2.73. The van der Waals surface area contributed by atoms with Gasteiger partial charge in [0.1, 0.15) is 0 Å². The minimum Gasteiger partial charge on any atom is -0.379 e. The second-order valence-electron chi connectivity index (χ2n) is 5.19. The van der Waals surface area contributed by atoms with E-state index in [1.54, 1.807) is 0 Å². The van der Waals surface area contributed by atoms with Crippen molar-refractivity contribution in [3.05, 3.63) is 0 Å². The van der Waals surface area contributed by atoms with Crippen LogP contribution < -0.4 is 5.32 Å². The first-order valence-corrected chi connectivity index (χ1v) is 7.06. The first kappa shape index (κ1) is 13.8. The summed E-state index contributed by atoms with van der Waals surface area (Å²) in [7, 11) is 0. The van der Waals surface area contributed by atoms with Gasteiger partial charge < -0.3 is 15.0 Å². The Morgan fingerprint density at radius 1 is 1.39 bits per heavy atom. The SMILES string of the molecule is CCNC1CCN(C(C)CN2CCOCC2)C1=O. The Morgan fingerprint density at radius 2 is 2.11 bits per heavy atom. The smallest absolute Gasteiger partial charge is 0.240 e. The zero-order valence-corrected chi connectivity index (χ0v) is 11.5. The number of rotatable bonds is 5. The van der Waals surface area contributed by atoms with E-state index < -0.39 is 0 Å². The molecule has 1 N–H and O–H groups in total. The summed E-state index contributed by atoms with van der Waals surface area (Å²) in [5.74, 6) is 0.276. The van der Waals surface area contributed by atoms with Gasteiger partial charge in [-0.1, -0.05) is 6.92 Å². The molecule has 2 heterocycles. The van der Waals surface area contributed by atoms with Crippen LogP contribution in [0.5, 0.6) is 0 Å². The zero-order valence-electron chi connectivity index (χ0n) is 11.5. The second kappa shape index (κ2) is 6.50. The van der Waals surface area contributed by atoms with Crippen LogP contribution in [0.25, 0.3) is 0 Å². The van der Waals surface area contributed by atoms with Crippen LogP contribution in [0.1, 0.15) is 20.3 Å². The molecule has 0 spiro atoms. The third-order valence-electron chi connectivity index (χ3n) is 3.85. The molecule has 5 heteroatoms. The van der Waals surface area contributed by atoms with Gasteiger partial charge >= 0.3 is 0 Å². The molecule has 104 valence electrons. The number of carbonyl (C=O) groups is 1. The van der Waals surface area contributed by atoms with Gasteiger partial charge in [-0.25, -0.2) is 0 Å². The van der Waals surface area contributed by atoms with Crippen molar-refractivity contribution in [1.82, 2.24) is 15.1 Å². The van der Waals surface area contributed by atoms with E-state index in [-0.39, 0.29) is 11.9 Å². The fraction of sp³-hybridized carbons (Fsp3) is 0.923. The first-order valence-electron chi connectivity index (χ1n) is 7.06. The predicted octanol–water partition coefficient (Wildman–Crippen LogP) is -0.0825. The molecule has 2 aliphatic rings. The molecule has 2 fully saturated rings. The highest BCUT2D eigenvalue weighted by molar-refractivity contribution is 5.84. The monoisotopic (exact) mass is 255 g/mol. The molecule has 0 aromatic rings. The molecule has 2 saturated heterocycles. The maximum Gasteiger partial charge on any atom is 0.240 e. The third-order valence-corrected chi connectivity index (χ3v) is 3.85. The molecule has 2 atom stereocenters. The lowest BCUT2D eigenvalue weighted by molar-refractivity contribution is -0.131. The third kappa shape index (κ3) is 3.22. The van der Waals surface area contributed by atoms with E-state index in [2.05, 4.69) is 17.1 Å². The van der Waals surface area contributed by atoms with Crippen molar-refractivity contribution in [2.45, 2.75) is 32.4 Å². The highest BCUT2D eigenvalue weighted by atomic mass is 16.5. The molecular formula is C13H25N3O2. The van der Waals surface area contributed by atoms with Crippen LogP contribution in [0.3, 0.4) is 0 Å². The number of likely N-dealkylation sites (N-methyl/N-ethyl adjacent to an activating group) is 1. The molecular weight excluding hydrogens is 230 g/mol. The van der Waals surface area contributed by atoms with Crippen molar-refractivity contribution in [2.24, 2.45) is 0 Å². The molecule has 18 heavy (non-hydrogen) atoms. The van der Waals surface area contributed by atoms with E-state index in [4.69, 9.17) is 4.74 Å². The quantitative estimate of drug-likeness (QED) is 0.746. The fourth-order valence-electron chi connectivity index (χ4n) is 2.83. The topological polar surface area (TPSA) is 44.8 Å². The van der Waals surface area contributed by atoms with Crippen molar-refractivity contribution in [1.29, 1.82) is 0 Å². The van der Waals surface area contributed by atoms with Crippen LogP contribution in [0.2, 0.25) is 0 Å². The summed E-state index contributed by atoms with van der Waals surface area (Å²) in [6.45, 7) is 10.5. The summed E-state index contributed by atoms with van der Waals surface area (Å²) in [5, 5.41) is 3.26. The van der Waals surface area contributed by atoms with Crippen molar-refractivity contribution < 1.29 is 9.53 Å². The number of nitrogens with zero attached hydrogens (tertiary/aromatic N) is 2. The lowest BCUT2D eigenvalue weighted by Crippen LogP contribution is -2.48. The van der Waals surface area contributed by atoms with Gasteiger partial charge in [0.2, 0.25) is 5.91 Å². The van der Waals surface area contributed by atoms with Gasteiger partial charge in [0.25, 0.3) is 0 Å². The summed E-state index contributed by atoms with van der Waals surface area (Å²) < 4.78 is 5.34. The minimum atomic E-state index is 0.0436. The van der Waals surface area contributed by atoms with E-state index in [1.807, 2.05) is 11.8 Å². The van der Waals surface area contributed by atoms with Crippen LogP contribution in [0.4, 0.5) is 0 Å². The highest BCUT2D eigenvalue weighted by Gasteiger charge is 2.34. The molecule has 5 nitrogen and oxygen atoms in total. The Bertz CT molecular complexity index is 279. The molecule has 2 rings (SSSR count). The predicted molar refractivity (Wildman–Crippen MR) is 70.5 cm³/mol. The fourth-order valence-corrected chi connectivity index (χ4v) is 2.83. The van der Waals surface area contributed by atoms with E-state index >= 15 is 0 Å². The van der Waals surface area contributed by atoms with E-state index in [1.165, 1.54) is 0 Å². The minimum absolute atomic E-state index is 0.0436. The Hall–Kier alpha value is -0.650. The van der Waals surface area contributed by atoms with Crippen LogP contribution in [0, 0.1) is 0 Å². The Kier molecular flexibility index (Phi) is 4.97. The van der Waals surface area contributed by atoms with Crippen molar-refractivity contribution in [3.63, 3.8) is 0 Å². The summed E-state index contributed by atoms with van der Waals surface area (Å²) in [6.07, 6.45) is 0.945. The van der Waals surface area contributed by atoms with Gasteiger partial charge in [0.05, 0.1) is 19.3 Å². The first-order chi connectivity index (χ1) is 8.72. The van der Waals surface area contributed by atoms with E-state index in [0.717, 1.165) is 52.4 Å². The number of morpholine rings is 1. The van der Waals surface area contributed by atoms with E-state index in [9.17, 15) is 4.79 Å². The van der Waals surface area contributed by atoms with Gasteiger partial charge in [0, 0.05) is 32.2 Å². The normalized spacial score (nSPS) is 27.8. The number of ether oxygens (including phenoxy) is 1. The second-order valence-corrected chi connectivity index (χ2v) is 5.19. The number of hydrogen-bond donors (Lipinski definition) is 1. The Morgan fingerprint density at radius 3 is 2.78 bits per heavy atom. The summed E-state index contributed by atoms with van der Waals surface area (Å²) in [6, 6.07) is 0.349. The molecule has 1 amide bonds. The van der Waals surface area contributed by atoms with E-state index in [0.29, 0.717) is 6.04 Å². The van der Waals surface area contributed by atoms with Crippen molar-refractivity contribution in [2.75, 3.05) is 45.9 Å². The molecule has 0 radical (unpaired) electrons. The summed E-state index contributed by atoms with van der Waals surface area (Å²) >= 11 is 0. The van der Waals surface area contributed by atoms with Gasteiger partial charge in [0.15, 0.2) is 0 Å². The molecule has 0 aromatic heterocycles. The molecule has 0 aliphatic carbocycles. The molecule has 2 unspecified atom stereocenters.